The molecule has 0 unspecified atom stereocenters. The number of amides is 1. The van der Waals surface area contributed by atoms with Gasteiger partial charge in [-0.05, 0) is 38.5 Å². The fraction of sp³-hybridized carbons (Fsp3) is 0.923. The third-order valence-electron chi connectivity index (χ3n) is 4.25. The van der Waals surface area contributed by atoms with Crippen LogP contribution in [-0.2, 0) is 9.47 Å². The quantitative estimate of drug-likeness (QED) is 0.831. The third kappa shape index (κ3) is 3.59. The van der Waals surface area contributed by atoms with E-state index in [1.165, 1.54) is 25.7 Å². The van der Waals surface area contributed by atoms with Gasteiger partial charge in [0.25, 0.3) is 0 Å². The van der Waals surface area contributed by atoms with Gasteiger partial charge < -0.3 is 20.1 Å². The van der Waals surface area contributed by atoms with Gasteiger partial charge in [-0.1, -0.05) is 0 Å². The first-order chi connectivity index (χ1) is 8.69. The van der Waals surface area contributed by atoms with Gasteiger partial charge in [-0.25, -0.2) is 4.79 Å². The van der Waals surface area contributed by atoms with Crippen molar-refractivity contribution >= 4 is 6.09 Å². The number of hydrogen-bond donors (Lipinski definition) is 1. The minimum absolute atomic E-state index is 0.0223. The lowest BCUT2D eigenvalue weighted by Gasteiger charge is -2.40. The van der Waals surface area contributed by atoms with Crippen molar-refractivity contribution in [1.29, 1.82) is 0 Å². The van der Waals surface area contributed by atoms with Gasteiger partial charge in [0, 0.05) is 26.2 Å². The molecule has 0 atom stereocenters. The van der Waals surface area contributed by atoms with E-state index in [4.69, 9.17) is 15.2 Å². The highest BCUT2D eigenvalue weighted by atomic mass is 16.6. The van der Waals surface area contributed by atoms with Crippen molar-refractivity contribution in [2.45, 2.75) is 56.8 Å². The molecule has 104 valence electrons. The number of rotatable bonds is 3. The van der Waals surface area contributed by atoms with E-state index in [1.54, 1.807) is 7.11 Å². The van der Waals surface area contributed by atoms with Gasteiger partial charge in [-0.15, -0.1) is 0 Å². The summed E-state index contributed by atoms with van der Waals surface area (Å²) in [5.41, 5.74) is 5.04. The Kier molecular flexibility index (Phi) is 4.83. The third-order valence-corrected chi connectivity index (χ3v) is 4.25. The predicted molar refractivity (Wildman–Crippen MR) is 68.3 cm³/mol. The molecule has 1 aliphatic heterocycles. The number of carbonyl (C=O) groups is 1. The Bertz CT molecular complexity index is 269. The van der Waals surface area contributed by atoms with Crippen molar-refractivity contribution in [3.8, 4) is 0 Å². The van der Waals surface area contributed by atoms with Crippen LogP contribution in [0.1, 0.15) is 38.5 Å². The van der Waals surface area contributed by atoms with E-state index in [-0.39, 0.29) is 6.10 Å². The molecule has 2 fully saturated rings. The molecule has 2 N–H and O–H groups in total. The Morgan fingerprint density at radius 1 is 1.06 bits per heavy atom. The van der Waals surface area contributed by atoms with E-state index in [0.717, 1.165) is 25.9 Å². The SMILES string of the molecule is COC1CCC(N2CCC(OC(N)=O)CC2)CC1. The second-order valence-corrected chi connectivity index (χ2v) is 5.34. The summed E-state index contributed by atoms with van der Waals surface area (Å²) in [7, 11) is 1.80. The molecule has 1 saturated heterocycles. The molecule has 1 heterocycles. The number of ether oxygens (including phenoxy) is 2. The maximum Gasteiger partial charge on any atom is 0.404 e. The Morgan fingerprint density at radius 3 is 2.17 bits per heavy atom. The average Bonchev–Trinajstić information content (AvgIpc) is 2.39. The van der Waals surface area contributed by atoms with Crippen LogP contribution in [0, 0.1) is 0 Å². The largest absolute Gasteiger partial charge is 0.446 e. The molecule has 0 radical (unpaired) electrons. The van der Waals surface area contributed by atoms with Gasteiger partial charge >= 0.3 is 6.09 Å². The lowest BCUT2D eigenvalue weighted by Crippen LogP contribution is -2.46. The fourth-order valence-corrected chi connectivity index (χ4v) is 3.17. The van der Waals surface area contributed by atoms with Crippen LogP contribution in [0.15, 0.2) is 0 Å². The maximum absolute atomic E-state index is 10.7. The summed E-state index contributed by atoms with van der Waals surface area (Å²) in [5.74, 6) is 0. The minimum atomic E-state index is -0.644. The van der Waals surface area contributed by atoms with E-state index in [9.17, 15) is 4.79 Å². The molecular weight excluding hydrogens is 232 g/mol. The van der Waals surface area contributed by atoms with Crippen LogP contribution in [0.4, 0.5) is 4.79 Å². The Hall–Kier alpha value is -0.810. The minimum Gasteiger partial charge on any atom is -0.446 e. The van der Waals surface area contributed by atoms with Gasteiger partial charge in [-0.3, -0.25) is 0 Å². The maximum atomic E-state index is 10.7. The monoisotopic (exact) mass is 256 g/mol. The highest BCUT2D eigenvalue weighted by molar-refractivity contribution is 5.64. The van der Waals surface area contributed by atoms with Crippen LogP contribution in [0.25, 0.3) is 0 Å². The lowest BCUT2D eigenvalue weighted by atomic mass is 9.90. The zero-order chi connectivity index (χ0) is 13.0. The summed E-state index contributed by atoms with van der Waals surface area (Å²) in [5, 5.41) is 0. The lowest BCUT2D eigenvalue weighted by molar-refractivity contribution is 0.00969. The van der Waals surface area contributed by atoms with E-state index in [0.29, 0.717) is 12.1 Å². The van der Waals surface area contributed by atoms with Crippen LogP contribution in [0.5, 0.6) is 0 Å². The molecule has 18 heavy (non-hydrogen) atoms. The molecule has 0 aromatic rings. The number of carbonyl (C=O) groups excluding carboxylic acids is 1. The standard InChI is InChI=1S/C13H24N2O3/c1-17-11-4-2-10(3-5-11)15-8-6-12(7-9-15)18-13(14)16/h10-12H,2-9H2,1H3,(H2,14,16). The van der Waals surface area contributed by atoms with Crippen molar-refractivity contribution in [2.24, 2.45) is 5.73 Å². The first-order valence-electron chi connectivity index (χ1n) is 6.92. The van der Waals surface area contributed by atoms with Crippen molar-refractivity contribution in [3.63, 3.8) is 0 Å². The molecule has 5 heteroatoms. The Labute approximate surface area is 109 Å². The summed E-state index contributed by atoms with van der Waals surface area (Å²) in [6, 6.07) is 0.686. The van der Waals surface area contributed by atoms with Crippen molar-refractivity contribution in [3.05, 3.63) is 0 Å². The zero-order valence-corrected chi connectivity index (χ0v) is 11.1. The number of likely N-dealkylation sites (tertiary alicyclic amines) is 1. The average molecular weight is 256 g/mol. The summed E-state index contributed by atoms with van der Waals surface area (Å²) in [6.07, 6.45) is 6.43. The number of methoxy groups -OCH3 is 1. The van der Waals surface area contributed by atoms with Crippen LogP contribution < -0.4 is 5.73 Å². The van der Waals surface area contributed by atoms with Crippen molar-refractivity contribution in [2.75, 3.05) is 20.2 Å². The second kappa shape index (κ2) is 6.38. The smallest absolute Gasteiger partial charge is 0.404 e. The number of nitrogens with zero attached hydrogens (tertiary/aromatic N) is 1. The number of primary amides is 1. The van der Waals surface area contributed by atoms with Gasteiger partial charge in [-0.2, -0.15) is 0 Å². The van der Waals surface area contributed by atoms with Gasteiger partial charge in [0.2, 0.25) is 0 Å². The highest BCUT2D eigenvalue weighted by Gasteiger charge is 2.29. The van der Waals surface area contributed by atoms with Crippen LogP contribution in [0.3, 0.4) is 0 Å². The Morgan fingerprint density at radius 2 is 1.67 bits per heavy atom. The molecule has 0 aromatic heterocycles. The predicted octanol–water partition coefficient (Wildman–Crippen LogP) is 1.50. The van der Waals surface area contributed by atoms with Crippen LogP contribution >= 0.6 is 0 Å². The summed E-state index contributed by atoms with van der Waals surface area (Å²) < 4.78 is 10.5. The molecule has 5 nitrogen and oxygen atoms in total. The molecule has 2 aliphatic rings. The first kappa shape index (κ1) is 13.6. The molecule has 0 spiro atoms. The normalized spacial score (nSPS) is 31.2. The van der Waals surface area contributed by atoms with Crippen molar-refractivity contribution < 1.29 is 14.3 Å². The molecule has 1 aliphatic carbocycles. The zero-order valence-electron chi connectivity index (χ0n) is 11.1. The second-order valence-electron chi connectivity index (χ2n) is 5.34. The van der Waals surface area contributed by atoms with E-state index < -0.39 is 6.09 Å². The topological polar surface area (TPSA) is 64.8 Å². The van der Waals surface area contributed by atoms with Gasteiger partial charge in [0.05, 0.1) is 6.10 Å². The molecule has 0 bridgehead atoms. The van der Waals surface area contributed by atoms with Crippen molar-refractivity contribution in [1.82, 2.24) is 4.90 Å². The molecule has 1 saturated carbocycles. The highest BCUT2D eigenvalue weighted by Crippen LogP contribution is 2.27. The van der Waals surface area contributed by atoms with Gasteiger partial charge in [0.1, 0.15) is 6.10 Å². The van der Waals surface area contributed by atoms with E-state index in [1.807, 2.05) is 0 Å². The number of nitrogens with two attached hydrogens (primary N) is 1. The first-order valence-corrected chi connectivity index (χ1v) is 6.92. The number of piperidine rings is 1. The Balaban J connectivity index is 1.71. The van der Waals surface area contributed by atoms with Crippen LogP contribution in [0.2, 0.25) is 0 Å². The summed E-state index contributed by atoms with van der Waals surface area (Å²) in [6.45, 7) is 2.03. The van der Waals surface area contributed by atoms with E-state index >= 15 is 0 Å². The fourth-order valence-electron chi connectivity index (χ4n) is 3.17. The molecule has 0 aromatic carbocycles. The van der Waals surface area contributed by atoms with Gasteiger partial charge in [0.15, 0.2) is 0 Å². The van der Waals surface area contributed by atoms with E-state index in [2.05, 4.69) is 4.90 Å². The molecular formula is C13H24N2O3. The summed E-state index contributed by atoms with van der Waals surface area (Å²) >= 11 is 0. The summed E-state index contributed by atoms with van der Waals surface area (Å²) in [4.78, 5) is 13.2. The molecule has 2 rings (SSSR count). The number of hydrogen-bond acceptors (Lipinski definition) is 4. The molecule has 1 amide bonds. The van der Waals surface area contributed by atoms with Crippen LogP contribution in [-0.4, -0.2) is 49.4 Å².